The van der Waals surface area contributed by atoms with Crippen molar-refractivity contribution in [3.05, 3.63) is 34.9 Å². The van der Waals surface area contributed by atoms with Crippen LogP contribution in [0.25, 0.3) is 0 Å². The minimum Gasteiger partial charge on any atom is -0.355 e. The van der Waals surface area contributed by atoms with Crippen LogP contribution in [0.5, 0.6) is 0 Å². The predicted molar refractivity (Wildman–Crippen MR) is 73.8 cm³/mol. The van der Waals surface area contributed by atoms with Crippen LogP contribution in [0.15, 0.2) is 24.3 Å². The summed E-state index contributed by atoms with van der Waals surface area (Å²) in [6.45, 7) is 2.98. The molecule has 1 fully saturated rings. The number of carbonyl (C=O) groups excluding carboxylic acids is 1. The smallest absolute Gasteiger partial charge is 0.224 e. The number of rotatable bonds is 4. The highest BCUT2D eigenvalue weighted by Crippen LogP contribution is 2.16. The van der Waals surface area contributed by atoms with Crippen molar-refractivity contribution in [2.75, 3.05) is 26.7 Å². The van der Waals surface area contributed by atoms with Gasteiger partial charge in [-0.3, -0.25) is 4.79 Å². The topological polar surface area (TPSA) is 32.3 Å². The van der Waals surface area contributed by atoms with Crippen LogP contribution in [0.3, 0.4) is 0 Å². The molecular weight excluding hydrogens is 248 g/mol. The van der Waals surface area contributed by atoms with Crippen molar-refractivity contribution in [1.29, 1.82) is 0 Å². The van der Waals surface area contributed by atoms with E-state index in [1.54, 1.807) is 0 Å². The summed E-state index contributed by atoms with van der Waals surface area (Å²) < 4.78 is 0. The number of hydrogen-bond donors (Lipinski definition) is 1. The van der Waals surface area contributed by atoms with E-state index in [-0.39, 0.29) is 5.91 Å². The molecule has 0 spiro atoms. The van der Waals surface area contributed by atoms with Crippen LogP contribution in [-0.2, 0) is 11.2 Å². The van der Waals surface area contributed by atoms with Crippen LogP contribution < -0.4 is 5.32 Å². The Balaban J connectivity index is 1.77. The van der Waals surface area contributed by atoms with Crippen LogP contribution in [0.1, 0.15) is 12.0 Å². The van der Waals surface area contributed by atoms with Crippen LogP contribution >= 0.6 is 11.6 Å². The molecule has 1 aliphatic rings. The number of nitrogens with zero attached hydrogens (tertiary/aromatic N) is 1. The maximum Gasteiger partial charge on any atom is 0.224 e. The van der Waals surface area contributed by atoms with E-state index in [1.165, 1.54) is 6.42 Å². The molecule has 1 aliphatic heterocycles. The fraction of sp³-hybridized carbons (Fsp3) is 0.500. The van der Waals surface area contributed by atoms with Gasteiger partial charge in [-0.1, -0.05) is 29.8 Å². The minimum atomic E-state index is 0.0534. The molecule has 0 saturated carbocycles. The zero-order valence-electron chi connectivity index (χ0n) is 10.7. The zero-order chi connectivity index (χ0) is 13.0. The van der Waals surface area contributed by atoms with Crippen molar-refractivity contribution in [2.45, 2.75) is 12.8 Å². The Hall–Kier alpha value is -1.06. The Labute approximate surface area is 113 Å². The highest BCUT2D eigenvalue weighted by atomic mass is 35.5. The molecule has 2 rings (SSSR count). The zero-order valence-corrected chi connectivity index (χ0v) is 11.4. The molecule has 3 nitrogen and oxygen atoms in total. The van der Waals surface area contributed by atoms with Gasteiger partial charge >= 0.3 is 0 Å². The molecule has 1 aromatic carbocycles. The Bertz CT molecular complexity index is 422. The van der Waals surface area contributed by atoms with Gasteiger partial charge in [0.2, 0.25) is 5.91 Å². The molecule has 1 amide bonds. The number of likely N-dealkylation sites (tertiary alicyclic amines) is 1. The van der Waals surface area contributed by atoms with E-state index in [0.29, 0.717) is 17.4 Å². The van der Waals surface area contributed by atoms with Crippen LogP contribution in [-0.4, -0.2) is 37.5 Å². The lowest BCUT2D eigenvalue weighted by molar-refractivity contribution is -0.120. The molecule has 1 N–H and O–H groups in total. The molecule has 0 aliphatic carbocycles. The van der Waals surface area contributed by atoms with E-state index in [4.69, 9.17) is 11.6 Å². The average molecular weight is 267 g/mol. The molecule has 0 bridgehead atoms. The number of nitrogens with one attached hydrogen (secondary N) is 1. The Morgan fingerprint density at radius 1 is 1.50 bits per heavy atom. The first-order valence-corrected chi connectivity index (χ1v) is 6.71. The lowest BCUT2D eigenvalue weighted by Gasteiger charge is -2.12. The number of amides is 1. The van der Waals surface area contributed by atoms with Crippen molar-refractivity contribution < 1.29 is 4.79 Å². The fourth-order valence-electron chi connectivity index (χ4n) is 2.33. The summed E-state index contributed by atoms with van der Waals surface area (Å²) >= 11 is 6.03. The molecule has 1 unspecified atom stereocenters. The largest absolute Gasteiger partial charge is 0.355 e. The summed E-state index contributed by atoms with van der Waals surface area (Å²) in [5, 5.41) is 3.66. The maximum absolute atomic E-state index is 11.8. The lowest BCUT2D eigenvalue weighted by atomic mass is 10.1. The molecule has 1 atom stereocenters. The molecule has 1 aromatic rings. The highest BCUT2D eigenvalue weighted by molar-refractivity contribution is 6.31. The monoisotopic (exact) mass is 266 g/mol. The summed E-state index contributed by atoms with van der Waals surface area (Å²) in [5.41, 5.74) is 0.889. The van der Waals surface area contributed by atoms with Gasteiger partial charge in [0.1, 0.15) is 0 Å². The number of carbonyl (C=O) groups is 1. The van der Waals surface area contributed by atoms with Gasteiger partial charge in [-0.2, -0.15) is 0 Å². The number of hydrogen-bond acceptors (Lipinski definition) is 2. The van der Waals surface area contributed by atoms with Crippen LogP contribution in [0, 0.1) is 5.92 Å². The van der Waals surface area contributed by atoms with Gasteiger partial charge in [0.25, 0.3) is 0 Å². The first-order chi connectivity index (χ1) is 8.65. The van der Waals surface area contributed by atoms with E-state index in [0.717, 1.165) is 25.2 Å². The number of benzene rings is 1. The first-order valence-electron chi connectivity index (χ1n) is 6.34. The summed E-state index contributed by atoms with van der Waals surface area (Å²) in [5.74, 6) is 0.642. The van der Waals surface area contributed by atoms with Crippen molar-refractivity contribution in [2.24, 2.45) is 5.92 Å². The van der Waals surface area contributed by atoms with Crippen LogP contribution in [0.4, 0.5) is 0 Å². The van der Waals surface area contributed by atoms with Gasteiger partial charge in [0.15, 0.2) is 0 Å². The standard InChI is InChI=1S/C14H19ClN2O/c1-17-7-6-11(10-17)9-16-14(18)8-12-4-2-3-5-13(12)15/h2-5,11H,6-10H2,1H3,(H,16,18). The average Bonchev–Trinajstić information content (AvgIpc) is 2.76. The van der Waals surface area contributed by atoms with Crippen molar-refractivity contribution >= 4 is 17.5 Å². The second-order valence-corrected chi connectivity index (χ2v) is 5.40. The first kappa shape index (κ1) is 13.4. The van der Waals surface area contributed by atoms with E-state index >= 15 is 0 Å². The van der Waals surface area contributed by atoms with E-state index in [9.17, 15) is 4.79 Å². The molecule has 1 heterocycles. The van der Waals surface area contributed by atoms with Crippen molar-refractivity contribution in [1.82, 2.24) is 10.2 Å². The Kier molecular flexibility index (Phi) is 4.61. The molecule has 18 heavy (non-hydrogen) atoms. The second-order valence-electron chi connectivity index (χ2n) is 4.99. The van der Waals surface area contributed by atoms with E-state index in [1.807, 2.05) is 24.3 Å². The SMILES string of the molecule is CN1CCC(CNC(=O)Cc2ccccc2Cl)C1. The molecule has 1 saturated heterocycles. The third kappa shape index (κ3) is 3.72. The summed E-state index contributed by atoms with van der Waals surface area (Å²) in [6.07, 6.45) is 1.53. The predicted octanol–water partition coefficient (Wildman–Crippen LogP) is 1.95. The molecule has 0 aromatic heterocycles. The lowest BCUT2D eigenvalue weighted by Crippen LogP contribution is -2.31. The van der Waals surface area contributed by atoms with Crippen molar-refractivity contribution in [3.8, 4) is 0 Å². The molecule has 0 radical (unpaired) electrons. The molecule has 98 valence electrons. The van der Waals surface area contributed by atoms with Crippen LogP contribution in [0.2, 0.25) is 5.02 Å². The van der Waals surface area contributed by atoms with Gasteiger partial charge in [-0.15, -0.1) is 0 Å². The minimum absolute atomic E-state index is 0.0534. The van der Waals surface area contributed by atoms with Gasteiger partial charge in [0, 0.05) is 18.1 Å². The third-order valence-corrected chi connectivity index (χ3v) is 3.75. The van der Waals surface area contributed by atoms with Gasteiger partial charge < -0.3 is 10.2 Å². The fourth-order valence-corrected chi connectivity index (χ4v) is 2.53. The van der Waals surface area contributed by atoms with E-state index in [2.05, 4.69) is 17.3 Å². The Morgan fingerprint density at radius 3 is 2.94 bits per heavy atom. The van der Waals surface area contributed by atoms with Gasteiger partial charge in [0.05, 0.1) is 6.42 Å². The second kappa shape index (κ2) is 6.21. The highest BCUT2D eigenvalue weighted by Gasteiger charge is 2.19. The normalized spacial score (nSPS) is 20.0. The summed E-state index contributed by atoms with van der Waals surface area (Å²) in [6, 6.07) is 7.49. The third-order valence-electron chi connectivity index (χ3n) is 3.39. The summed E-state index contributed by atoms with van der Waals surface area (Å²) in [7, 11) is 2.12. The van der Waals surface area contributed by atoms with Gasteiger partial charge in [-0.05, 0) is 37.6 Å². The van der Waals surface area contributed by atoms with Gasteiger partial charge in [-0.25, -0.2) is 0 Å². The molecule has 4 heteroatoms. The summed E-state index contributed by atoms with van der Waals surface area (Å²) in [4.78, 5) is 14.1. The van der Waals surface area contributed by atoms with E-state index < -0.39 is 0 Å². The maximum atomic E-state index is 11.8. The number of halogens is 1. The van der Waals surface area contributed by atoms with Crippen molar-refractivity contribution in [3.63, 3.8) is 0 Å². The molecular formula is C14H19ClN2O. The quantitative estimate of drug-likeness (QED) is 0.904. The Morgan fingerprint density at radius 2 is 2.28 bits per heavy atom.